The van der Waals surface area contributed by atoms with Crippen LogP contribution in [0.3, 0.4) is 0 Å². The third-order valence-corrected chi connectivity index (χ3v) is 3.93. The molecule has 2 aromatic rings. The van der Waals surface area contributed by atoms with Gasteiger partial charge in [0.25, 0.3) is 5.95 Å². The van der Waals surface area contributed by atoms with Crippen molar-refractivity contribution in [2.75, 3.05) is 11.9 Å². The van der Waals surface area contributed by atoms with E-state index in [0.717, 1.165) is 13.0 Å². The van der Waals surface area contributed by atoms with Crippen molar-refractivity contribution in [2.24, 2.45) is 5.92 Å². The number of halogens is 1. The molecule has 9 heteroatoms. The van der Waals surface area contributed by atoms with E-state index in [9.17, 15) is 0 Å². The summed E-state index contributed by atoms with van der Waals surface area (Å²) in [5.74, 6) is 1.45. The lowest BCUT2D eigenvalue weighted by atomic mass is 10.1. The molecule has 2 aliphatic rings. The first kappa shape index (κ1) is 12.9. The molecule has 2 aromatic heterocycles. The Morgan fingerprint density at radius 3 is 2.90 bits per heavy atom. The van der Waals surface area contributed by atoms with Gasteiger partial charge < -0.3 is 10.1 Å². The number of aromatic nitrogens is 6. The summed E-state index contributed by atoms with van der Waals surface area (Å²) in [7, 11) is 0. The maximum atomic E-state index is 5.97. The first-order chi connectivity index (χ1) is 10.3. The van der Waals surface area contributed by atoms with Gasteiger partial charge in [-0.1, -0.05) is 0 Å². The van der Waals surface area contributed by atoms with Crippen molar-refractivity contribution in [3.63, 3.8) is 0 Å². The number of ether oxygens (including phenoxy) is 1. The van der Waals surface area contributed by atoms with Gasteiger partial charge in [0.2, 0.25) is 11.2 Å². The Kier molecular flexibility index (Phi) is 3.19. The van der Waals surface area contributed by atoms with Crippen molar-refractivity contribution < 1.29 is 4.74 Å². The van der Waals surface area contributed by atoms with E-state index in [-0.39, 0.29) is 17.4 Å². The predicted octanol–water partition coefficient (Wildman–Crippen LogP) is 1.09. The average molecular weight is 308 g/mol. The van der Waals surface area contributed by atoms with Gasteiger partial charge in [-0.2, -0.15) is 24.7 Å². The Morgan fingerprint density at radius 2 is 2.14 bits per heavy atom. The smallest absolute Gasteiger partial charge is 0.258 e. The number of nitrogens with zero attached hydrogens (tertiary/aromatic N) is 6. The van der Waals surface area contributed by atoms with Crippen molar-refractivity contribution in [3.05, 3.63) is 17.9 Å². The quantitative estimate of drug-likeness (QED) is 0.904. The highest BCUT2D eigenvalue weighted by atomic mass is 35.5. The van der Waals surface area contributed by atoms with Crippen molar-refractivity contribution in [1.82, 2.24) is 29.7 Å². The van der Waals surface area contributed by atoms with Crippen LogP contribution < -0.4 is 5.32 Å². The molecule has 3 heterocycles. The molecule has 0 spiro atoms. The van der Waals surface area contributed by atoms with Crippen LogP contribution in [0.15, 0.2) is 12.7 Å². The minimum atomic E-state index is 0.125. The first-order valence-electron chi connectivity index (χ1n) is 6.94. The van der Waals surface area contributed by atoms with E-state index in [1.165, 1.54) is 30.2 Å². The molecule has 110 valence electrons. The molecule has 0 aromatic carbocycles. The van der Waals surface area contributed by atoms with Crippen LogP contribution >= 0.6 is 11.6 Å². The molecule has 1 saturated heterocycles. The maximum absolute atomic E-state index is 5.97. The van der Waals surface area contributed by atoms with Gasteiger partial charge in [-0.05, 0) is 36.8 Å². The number of hydrogen-bond acceptors (Lipinski definition) is 7. The van der Waals surface area contributed by atoms with Crippen LogP contribution in [0.4, 0.5) is 5.95 Å². The van der Waals surface area contributed by atoms with E-state index in [1.807, 2.05) is 0 Å². The molecule has 4 rings (SSSR count). The highest BCUT2D eigenvalue weighted by Crippen LogP contribution is 2.39. The van der Waals surface area contributed by atoms with Gasteiger partial charge in [-0.3, -0.25) is 0 Å². The van der Waals surface area contributed by atoms with Crippen molar-refractivity contribution in [2.45, 2.75) is 31.4 Å². The monoisotopic (exact) mass is 307 g/mol. The Morgan fingerprint density at radius 1 is 1.24 bits per heavy atom. The third-order valence-electron chi connectivity index (χ3n) is 3.76. The fourth-order valence-corrected chi connectivity index (χ4v) is 2.79. The van der Waals surface area contributed by atoms with Crippen LogP contribution in [0.5, 0.6) is 0 Å². The second-order valence-corrected chi connectivity index (χ2v) is 5.62. The molecule has 2 fully saturated rings. The molecule has 21 heavy (non-hydrogen) atoms. The number of nitrogens with one attached hydrogen (secondary N) is 1. The molecule has 1 aliphatic carbocycles. The van der Waals surface area contributed by atoms with E-state index in [2.05, 4.69) is 30.4 Å². The van der Waals surface area contributed by atoms with Crippen LogP contribution in [0.2, 0.25) is 5.28 Å². The summed E-state index contributed by atoms with van der Waals surface area (Å²) in [6, 6.07) is 0.222. The first-order valence-corrected chi connectivity index (χ1v) is 7.32. The zero-order valence-electron chi connectivity index (χ0n) is 11.2. The van der Waals surface area contributed by atoms with Crippen LogP contribution in [-0.4, -0.2) is 48.5 Å². The van der Waals surface area contributed by atoms with Crippen molar-refractivity contribution in [1.29, 1.82) is 0 Å². The molecular weight excluding hydrogens is 294 g/mol. The van der Waals surface area contributed by atoms with Gasteiger partial charge in [-0.25, -0.2) is 4.98 Å². The van der Waals surface area contributed by atoms with E-state index in [1.54, 1.807) is 0 Å². The number of anilines is 1. The standard InChI is InChI=1S/C12H14ClN7O/c13-10-17-11(19-12(18-10)20-6-14-5-15-20)16-8-3-4-21-9(8)7-1-2-7/h5-9H,1-4H2,(H,16,17,18,19). The Hall–Kier alpha value is -1.80. The zero-order valence-corrected chi connectivity index (χ0v) is 11.9. The summed E-state index contributed by atoms with van der Waals surface area (Å²) < 4.78 is 7.25. The van der Waals surface area contributed by atoms with Gasteiger partial charge in [0.1, 0.15) is 12.7 Å². The molecule has 2 unspecified atom stereocenters. The van der Waals surface area contributed by atoms with Gasteiger partial charge in [0.15, 0.2) is 0 Å². The summed E-state index contributed by atoms with van der Waals surface area (Å²) in [6.45, 7) is 0.771. The highest BCUT2D eigenvalue weighted by molar-refractivity contribution is 6.28. The lowest BCUT2D eigenvalue weighted by Gasteiger charge is -2.19. The van der Waals surface area contributed by atoms with Crippen molar-refractivity contribution >= 4 is 17.5 Å². The minimum Gasteiger partial charge on any atom is -0.376 e. The number of hydrogen-bond donors (Lipinski definition) is 1. The third kappa shape index (κ3) is 2.68. The van der Waals surface area contributed by atoms with Gasteiger partial charge >= 0.3 is 0 Å². The Balaban J connectivity index is 1.57. The summed E-state index contributed by atoms with van der Waals surface area (Å²) in [6.07, 6.45) is 6.61. The molecule has 8 nitrogen and oxygen atoms in total. The van der Waals surface area contributed by atoms with Crippen LogP contribution in [-0.2, 0) is 4.74 Å². The van der Waals surface area contributed by atoms with E-state index >= 15 is 0 Å². The second kappa shape index (κ2) is 5.19. The fraction of sp³-hybridized carbons (Fsp3) is 0.583. The molecule has 0 bridgehead atoms. The van der Waals surface area contributed by atoms with Crippen LogP contribution in [0.25, 0.3) is 5.95 Å². The summed E-state index contributed by atoms with van der Waals surface area (Å²) in [5.41, 5.74) is 0. The minimum absolute atomic E-state index is 0.125. The van der Waals surface area contributed by atoms with Crippen LogP contribution in [0.1, 0.15) is 19.3 Å². The van der Waals surface area contributed by atoms with Crippen molar-refractivity contribution in [3.8, 4) is 5.95 Å². The fourth-order valence-electron chi connectivity index (χ4n) is 2.64. The lowest BCUT2D eigenvalue weighted by Crippen LogP contribution is -2.32. The molecule has 2 atom stereocenters. The molecule has 1 aliphatic heterocycles. The van der Waals surface area contributed by atoms with Gasteiger partial charge in [-0.15, -0.1) is 0 Å². The summed E-state index contributed by atoms with van der Waals surface area (Å²) in [5, 5.41) is 7.44. The highest BCUT2D eigenvalue weighted by Gasteiger charge is 2.40. The molecule has 0 amide bonds. The Labute approximate surface area is 125 Å². The predicted molar refractivity (Wildman–Crippen MR) is 74.2 cm³/mol. The van der Waals surface area contributed by atoms with Gasteiger partial charge in [0.05, 0.1) is 12.1 Å². The SMILES string of the molecule is Clc1nc(NC2CCOC2C2CC2)nc(-n2cncn2)n1. The summed E-state index contributed by atoms with van der Waals surface area (Å²) in [4.78, 5) is 16.4. The molecule has 1 N–H and O–H groups in total. The van der Waals surface area contributed by atoms with E-state index < -0.39 is 0 Å². The van der Waals surface area contributed by atoms with E-state index in [0.29, 0.717) is 17.8 Å². The second-order valence-electron chi connectivity index (χ2n) is 5.28. The molecule has 0 radical (unpaired) electrons. The van der Waals surface area contributed by atoms with E-state index in [4.69, 9.17) is 16.3 Å². The molecular formula is C12H14ClN7O. The lowest BCUT2D eigenvalue weighted by molar-refractivity contribution is 0.0897. The summed E-state index contributed by atoms with van der Waals surface area (Å²) >= 11 is 5.97. The average Bonchev–Trinajstić information content (AvgIpc) is 2.99. The zero-order chi connectivity index (χ0) is 14.2. The Bertz CT molecular complexity index is 631. The molecule has 1 saturated carbocycles. The van der Waals surface area contributed by atoms with Crippen LogP contribution in [0, 0.1) is 5.92 Å². The maximum Gasteiger partial charge on any atom is 0.258 e. The largest absolute Gasteiger partial charge is 0.376 e. The topological polar surface area (TPSA) is 90.6 Å². The normalized spacial score (nSPS) is 25.2. The van der Waals surface area contributed by atoms with Gasteiger partial charge in [0, 0.05) is 6.61 Å². The number of rotatable bonds is 4.